The summed E-state index contributed by atoms with van der Waals surface area (Å²) >= 11 is 1.58. The molecule has 1 atom stereocenters. The van der Waals surface area contributed by atoms with E-state index in [0.29, 0.717) is 30.1 Å². The van der Waals surface area contributed by atoms with E-state index in [-0.39, 0.29) is 6.42 Å². The zero-order valence-corrected chi connectivity index (χ0v) is 22.9. The highest BCUT2D eigenvalue weighted by molar-refractivity contribution is 7.16. The summed E-state index contributed by atoms with van der Waals surface area (Å²) in [5, 5.41) is 4.50. The summed E-state index contributed by atoms with van der Waals surface area (Å²) < 4.78 is 36.5. The summed E-state index contributed by atoms with van der Waals surface area (Å²) in [7, 11) is -1.20. The summed E-state index contributed by atoms with van der Waals surface area (Å²) in [4.78, 5) is 9.34. The Labute approximate surface area is 219 Å². The maximum absolute atomic E-state index is 13.8. The molecule has 37 heavy (non-hydrogen) atoms. The molecule has 0 aliphatic heterocycles. The maximum Gasteiger partial charge on any atom is 0.140 e. The molecule has 192 valence electrons. The molecule has 3 aromatic heterocycles. The minimum absolute atomic E-state index is 0.229. The van der Waals surface area contributed by atoms with Crippen LogP contribution in [0.4, 0.5) is 8.78 Å². The Bertz CT molecular complexity index is 1540. The number of ether oxygens (including phenoxy) is 1. The lowest BCUT2D eigenvalue weighted by molar-refractivity contribution is 0.0817. The van der Waals surface area contributed by atoms with Crippen molar-refractivity contribution >= 4 is 40.7 Å². The highest BCUT2D eigenvalue weighted by atomic mass is 32.1. The molecule has 2 aromatic carbocycles. The van der Waals surface area contributed by atoms with E-state index in [0.717, 1.165) is 39.0 Å². The number of hydrogen-bond donors (Lipinski definition) is 1. The van der Waals surface area contributed by atoms with E-state index in [1.54, 1.807) is 22.2 Å². The molecule has 3 heterocycles. The highest BCUT2D eigenvalue weighted by Crippen LogP contribution is 2.33. The lowest BCUT2D eigenvalue weighted by Gasteiger charge is -2.17. The van der Waals surface area contributed by atoms with Gasteiger partial charge in [-0.05, 0) is 53.9 Å². The van der Waals surface area contributed by atoms with Crippen LogP contribution in [0.25, 0.3) is 32.4 Å². The second-order valence-corrected chi connectivity index (χ2v) is 16.9. The van der Waals surface area contributed by atoms with Crippen molar-refractivity contribution in [2.45, 2.75) is 44.9 Å². The molecular formula is C27H29F2N5OSSi. The van der Waals surface area contributed by atoms with Crippen molar-refractivity contribution in [2.75, 3.05) is 6.61 Å². The molecule has 5 rings (SSSR count). The first-order valence-electron chi connectivity index (χ1n) is 12.1. The Kier molecular flexibility index (Phi) is 7.17. The van der Waals surface area contributed by atoms with Crippen LogP contribution >= 0.6 is 11.3 Å². The van der Waals surface area contributed by atoms with E-state index >= 15 is 0 Å². The molecular weight excluding hydrogens is 508 g/mol. The molecule has 0 fully saturated rings. The van der Waals surface area contributed by atoms with Crippen molar-refractivity contribution < 1.29 is 13.5 Å². The van der Waals surface area contributed by atoms with Gasteiger partial charge >= 0.3 is 0 Å². The number of hydrogen-bond acceptors (Lipinski definition) is 6. The summed E-state index contributed by atoms with van der Waals surface area (Å²) in [5.41, 5.74) is 13.7. The predicted octanol–water partition coefficient (Wildman–Crippen LogP) is 6.54. The minimum Gasteiger partial charge on any atom is -0.360 e. The molecule has 10 heteroatoms. The number of thiazole rings is 1. The van der Waals surface area contributed by atoms with E-state index in [9.17, 15) is 8.78 Å². The smallest absolute Gasteiger partial charge is 0.140 e. The van der Waals surface area contributed by atoms with Gasteiger partial charge in [0.1, 0.15) is 23.9 Å². The van der Waals surface area contributed by atoms with Crippen LogP contribution in [0, 0.1) is 11.6 Å². The standard InChI is InChI=1S/C27H29F2N5OSSi/c1-37(2,3)7-6-35-16-34-25-13-21(18-4-5-26-23(11-18)31-15-36-26)27(33-24(25)14-32-34)22(30)10-17-8-19(28)12-20(29)9-17/h4-5,8-9,11-15,22H,6-7,10,16,30H2,1-3H3. The van der Waals surface area contributed by atoms with Gasteiger partial charge in [-0.15, -0.1) is 11.3 Å². The van der Waals surface area contributed by atoms with Gasteiger partial charge in [-0.25, -0.2) is 23.4 Å². The molecule has 0 saturated carbocycles. The van der Waals surface area contributed by atoms with Crippen LogP contribution in [0.1, 0.15) is 17.3 Å². The fourth-order valence-electron chi connectivity index (χ4n) is 4.27. The largest absolute Gasteiger partial charge is 0.360 e. The van der Waals surface area contributed by atoms with Gasteiger partial charge in [0.05, 0.1) is 39.2 Å². The Morgan fingerprint density at radius 1 is 1.05 bits per heavy atom. The second kappa shape index (κ2) is 10.4. The molecule has 0 aliphatic rings. The molecule has 0 spiro atoms. The summed E-state index contributed by atoms with van der Waals surface area (Å²) in [6, 6.07) is 12.0. The monoisotopic (exact) mass is 537 g/mol. The lowest BCUT2D eigenvalue weighted by atomic mass is 9.95. The molecule has 1 unspecified atom stereocenters. The van der Waals surface area contributed by atoms with Gasteiger partial charge in [-0.1, -0.05) is 25.7 Å². The lowest BCUT2D eigenvalue weighted by Crippen LogP contribution is -2.22. The Morgan fingerprint density at radius 3 is 2.59 bits per heavy atom. The van der Waals surface area contributed by atoms with Crippen LogP contribution in [-0.4, -0.2) is 34.4 Å². The third-order valence-corrected chi connectivity index (χ3v) is 8.75. The number of benzene rings is 2. The fraction of sp³-hybridized carbons (Fsp3) is 0.296. The van der Waals surface area contributed by atoms with Crippen LogP contribution in [0.3, 0.4) is 0 Å². The van der Waals surface area contributed by atoms with Gasteiger partial charge in [0, 0.05) is 26.3 Å². The number of nitrogens with two attached hydrogens (primary N) is 1. The van der Waals surface area contributed by atoms with Crippen LogP contribution in [-0.2, 0) is 17.9 Å². The second-order valence-electron chi connectivity index (χ2n) is 10.4. The van der Waals surface area contributed by atoms with Gasteiger partial charge in [-0.3, -0.25) is 0 Å². The Balaban J connectivity index is 1.53. The van der Waals surface area contributed by atoms with E-state index in [2.05, 4.69) is 29.7 Å². The Morgan fingerprint density at radius 2 is 1.84 bits per heavy atom. The van der Waals surface area contributed by atoms with Gasteiger partial charge in [0.2, 0.25) is 0 Å². The van der Waals surface area contributed by atoms with Gasteiger partial charge in [-0.2, -0.15) is 5.10 Å². The van der Waals surface area contributed by atoms with Crippen molar-refractivity contribution in [2.24, 2.45) is 5.73 Å². The molecule has 2 N–H and O–H groups in total. The van der Waals surface area contributed by atoms with Crippen LogP contribution in [0.5, 0.6) is 0 Å². The minimum atomic E-state index is -1.20. The highest BCUT2D eigenvalue weighted by Gasteiger charge is 2.20. The number of nitrogens with zero attached hydrogens (tertiary/aromatic N) is 4. The normalized spacial score (nSPS) is 13.0. The van der Waals surface area contributed by atoms with Crippen LogP contribution in [0.15, 0.2) is 54.2 Å². The van der Waals surface area contributed by atoms with Gasteiger partial charge in [0.15, 0.2) is 0 Å². The van der Waals surface area contributed by atoms with E-state index in [1.165, 1.54) is 12.1 Å². The molecule has 0 bridgehead atoms. The summed E-state index contributed by atoms with van der Waals surface area (Å²) in [6.45, 7) is 7.97. The molecule has 0 amide bonds. The quantitative estimate of drug-likeness (QED) is 0.171. The summed E-state index contributed by atoms with van der Waals surface area (Å²) in [5.74, 6) is -1.26. The van der Waals surface area contributed by atoms with Crippen molar-refractivity contribution in [3.05, 3.63) is 77.1 Å². The van der Waals surface area contributed by atoms with Gasteiger partial charge < -0.3 is 10.5 Å². The van der Waals surface area contributed by atoms with Crippen molar-refractivity contribution in [3.63, 3.8) is 0 Å². The van der Waals surface area contributed by atoms with Crippen molar-refractivity contribution in [1.82, 2.24) is 19.7 Å². The average Bonchev–Trinajstić information content (AvgIpc) is 3.45. The molecule has 0 aliphatic carbocycles. The van der Waals surface area contributed by atoms with Gasteiger partial charge in [0.25, 0.3) is 0 Å². The van der Waals surface area contributed by atoms with Crippen molar-refractivity contribution in [3.8, 4) is 11.1 Å². The third-order valence-electron chi connectivity index (χ3n) is 6.24. The predicted molar refractivity (Wildman–Crippen MR) is 147 cm³/mol. The number of aromatic nitrogens is 4. The average molecular weight is 538 g/mol. The van der Waals surface area contributed by atoms with Crippen LogP contribution < -0.4 is 5.73 Å². The molecule has 5 aromatic rings. The first kappa shape index (κ1) is 25.6. The van der Waals surface area contributed by atoms with E-state index in [4.69, 9.17) is 15.5 Å². The number of rotatable bonds is 9. The first-order chi connectivity index (χ1) is 17.7. The van der Waals surface area contributed by atoms with E-state index in [1.807, 2.05) is 29.8 Å². The summed E-state index contributed by atoms with van der Waals surface area (Å²) in [6.07, 6.45) is 1.93. The topological polar surface area (TPSA) is 78.8 Å². The molecule has 0 saturated heterocycles. The number of fused-ring (bicyclic) bond motifs is 2. The Hall–Kier alpha value is -3.05. The van der Waals surface area contributed by atoms with Crippen molar-refractivity contribution in [1.29, 1.82) is 0 Å². The third kappa shape index (κ3) is 5.93. The number of halogens is 2. The number of pyridine rings is 1. The first-order valence-corrected chi connectivity index (χ1v) is 16.7. The molecule has 6 nitrogen and oxygen atoms in total. The van der Waals surface area contributed by atoms with Crippen LogP contribution in [0.2, 0.25) is 25.7 Å². The SMILES string of the molecule is C[Si](C)(C)CCOCn1ncc2nc(C(N)Cc3cc(F)cc(F)c3)c(-c3ccc4scnc4c3)cc21. The maximum atomic E-state index is 13.8. The zero-order valence-electron chi connectivity index (χ0n) is 21.0. The zero-order chi connectivity index (χ0) is 26.2. The molecule has 0 radical (unpaired) electrons. The van der Waals surface area contributed by atoms with E-state index < -0.39 is 25.8 Å². The fourth-order valence-corrected chi connectivity index (χ4v) is 5.69.